The van der Waals surface area contributed by atoms with Crippen molar-refractivity contribution in [2.45, 2.75) is 32.9 Å². The lowest BCUT2D eigenvalue weighted by atomic mass is 10.2. The molecule has 0 radical (unpaired) electrons. The summed E-state index contributed by atoms with van der Waals surface area (Å²) in [5.41, 5.74) is 2.54. The number of nitrogens with zero attached hydrogens (tertiary/aromatic N) is 3. The first-order chi connectivity index (χ1) is 13.2. The third-order valence-electron chi connectivity index (χ3n) is 4.40. The van der Waals surface area contributed by atoms with E-state index in [9.17, 15) is 4.79 Å². The molecule has 1 amide bonds. The average Bonchev–Trinajstić information content (AvgIpc) is 2.73. The normalized spacial score (nSPS) is 11.6. The van der Waals surface area contributed by atoms with Gasteiger partial charge in [-0.3, -0.25) is 4.79 Å². The number of hydrogen-bond acceptors (Lipinski definition) is 4. The minimum absolute atomic E-state index is 0.102. The summed E-state index contributed by atoms with van der Waals surface area (Å²) in [6.45, 7) is 4.66. The number of amides is 1. The van der Waals surface area contributed by atoms with Crippen LogP contribution in [0.25, 0.3) is 0 Å². The van der Waals surface area contributed by atoms with Crippen LogP contribution in [0.2, 0.25) is 0 Å². The van der Waals surface area contributed by atoms with Crippen molar-refractivity contribution in [2.24, 2.45) is 0 Å². The first-order valence-corrected chi connectivity index (χ1v) is 9.16. The molecule has 1 aromatic heterocycles. The van der Waals surface area contributed by atoms with Crippen molar-refractivity contribution >= 4 is 17.4 Å². The van der Waals surface area contributed by atoms with Crippen LogP contribution >= 0.6 is 0 Å². The molecule has 0 spiro atoms. The zero-order valence-corrected chi connectivity index (χ0v) is 15.7. The molecule has 138 valence electrons. The predicted molar refractivity (Wildman–Crippen MR) is 108 cm³/mol. The van der Waals surface area contributed by atoms with Crippen LogP contribution in [0.4, 0.5) is 11.5 Å². The van der Waals surface area contributed by atoms with Crippen molar-refractivity contribution < 1.29 is 4.79 Å². The van der Waals surface area contributed by atoms with E-state index in [2.05, 4.69) is 32.3 Å². The van der Waals surface area contributed by atoms with Gasteiger partial charge in [-0.1, -0.05) is 55.5 Å². The largest absolute Gasteiger partial charge is 0.348 e. The molecule has 0 saturated heterocycles. The van der Waals surface area contributed by atoms with Crippen molar-refractivity contribution in [3.8, 4) is 0 Å². The van der Waals surface area contributed by atoms with Crippen molar-refractivity contribution in [3.05, 3.63) is 84.3 Å². The molecule has 0 aliphatic heterocycles. The summed E-state index contributed by atoms with van der Waals surface area (Å²) in [6, 6.07) is 22.1. The molecule has 0 fully saturated rings. The van der Waals surface area contributed by atoms with Crippen LogP contribution in [-0.2, 0) is 6.54 Å². The molecule has 1 unspecified atom stereocenters. The number of anilines is 2. The Labute approximate surface area is 160 Å². The Hall–Kier alpha value is -3.21. The van der Waals surface area contributed by atoms with Crippen molar-refractivity contribution in [2.75, 3.05) is 4.90 Å². The molecule has 27 heavy (non-hydrogen) atoms. The van der Waals surface area contributed by atoms with Crippen LogP contribution in [-0.4, -0.2) is 21.9 Å². The highest BCUT2D eigenvalue weighted by atomic mass is 16.1. The van der Waals surface area contributed by atoms with Gasteiger partial charge in [-0.2, -0.15) is 0 Å². The number of hydrogen-bond donors (Lipinski definition) is 1. The first-order valence-electron chi connectivity index (χ1n) is 9.16. The molecule has 2 aromatic carbocycles. The van der Waals surface area contributed by atoms with Crippen LogP contribution < -0.4 is 10.2 Å². The van der Waals surface area contributed by atoms with Crippen molar-refractivity contribution in [1.29, 1.82) is 0 Å². The summed E-state index contributed by atoms with van der Waals surface area (Å²) in [7, 11) is 0. The lowest BCUT2D eigenvalue weighted by molar-refractivity contribution is 0.0934. The monoisotopic (exact) mass is 360 g/mol. The summed E-state index contributed by atoms with van der Waals surface area (Å²) < 4.78 is 0. The lowest BCUT2D eigenvalue weighted by Crippen LogP contribution is -2.32. The van der Waals surface area contributed by atoms with Gasteiger partial charge < -0.3 is 10.2 Å². The fourth-order valence-electron chi connectivity index (χ4n) is 2.70. The third kappa shape index (κ3) is 4.91. The SMILES string of the molecule is CCC(C)NC(=O)c1cc(N(Cc2ccccc2)c2ccccc2)ncn1. The summed E-state index contributed by atoms with van der Waals surface area (Å²) in [6.07, 6.45) is 2.32. The van der Waals surface area contributed by atoms with Gasteiger partial charge >= 0.3 is 0 Å². The van der Waals surface area contributed by atoms with E-state index in [1.165, 1.54) is 6.33 Å². The van der Waals surface area contributed by atoms with E-state index in [1.54, 1.807) is 6.07 Å². The highest BCUT2D eigenvalue weighted by Crippen LogP contribution is 2.25. The van der Waals surface area contributed by atoms with Gasteiger partial charge in [0.15, 0.2) is 0 Å². The number of carbonyl (C=O) groups is 1. The molecule has 3 aromatic rings. The highest BCUT2D eigenvalue weighted by Gasteiger charge is 2.16. The molecule has 0 aliphatic rings. The maximum absolute atomic E-state index is 12.5. The van der Waals surface area contributed by atoms with Crippen LogP contribution in [0.1, 0.15) is 36.3 Å². The lowest BCUT2D eigenvalue weighted by Gasteiger charge is -2.24. The maximum Gasteiger partial charge on any atom is 0.270 e. The van der Waals surface area contributed by atoms with E-state index in [4.69, 9.17) is 0 Å². The zero-order valence-electron chi connectivity index (χ0n) is 15.7. The Kier molecular flexibility index (Phi) is 6.15. The molecule has 5 heteroatoms. The molecule has 1 heterocycles. The zero-order chi connectivity index (χ0) is 19.1. The molecule has 0 bridgehead atoms. The van der Waals surface area contributed by atoms with Crippen LogP contribution in [0.15, 0.2) is 73.1 Å². The van der Waals surface area contributed by atoms with E-state index in [1.807, 2.05) is 62.4 Å². The van der Waals surface area contributed by atoms with E-state index < -0.39 is 0 Å². The summed E-state index contributed by atoms with van der Waals surface area (Å²) in [4.78, 5) is 23.1. The number of para-hydroxylation sites is 1. The minimum Gasteiger partial charge on any atom is -0.348 e. The molecule has 3 rings (SSSR count). The summed E-state index contributed by atoms with van der Waals surface area (Å²) in [5, 5.41) is 2.95. The Morgan fingerprint density at radius 3 is 2.37 bits per heavy atom. The molecule has 1 atom stereocenters. The topological polar surface area (TPSA) is 58.1 Å². The van der Waals surface area contributed by atoms with Gasteiger partial charge in [0.05, 0.1) is 0 Å². The van der Waals surface area contributed by atoms with Gasteiger partial charge in [-0.15, -0.1) is 0 Å². The summed E-state index contributed by atoms with van der Waals surface area (Å²) >= 11 is 0. The Morgan fingerprint density at radius 2 is 1.70 bits per heavy atom. The van der Waals surface area contributed by atoms with Gasteiger partial charge in [0.1, 0.15) is 17.8 Å². The Morgan fingerprint density at radius 1 is 1.04 bits per heavy atom. The van der Waals surface area contributed by atoms with Gasteiger partial charge in [-0.25, -0.2) is 9.97 Å². The second-order valence-electron chi connectivity index (χ2n) is 6.45. The van der Waals surface area contributed by atoms with Crippen molar-refractivity contribution in [1.82, 2.24) is 15.3 Å². The average molecular weight is 360 g/mol. The standard InChI is InChI=1S/C22H24N4O/c1-3-17(2)25-22(27)20-14-21(24-16-23-20)26(19-12-8-5-9-13-19)15-18-10-6-4-7-11-18/h4-14,16-17H,3,15H2,1-2H3,(H,25,27). The fraction of sp³-hybridized carbons (Fsp3) is 0.227. The quantitative estimate of drug-likeness (QED) is 0.681. The van der Waals surface area contributed by atoms with Crippen LogP contribution in [0, 0.1) is 0 Å². The second-order valence-corrected chi connectivity index (χ2v) is 6.45. The highest BCUT2D eigenvalue weighted by molar-refractivity contribution is 5.93. The van der Waals surface area contributed by atoms with Gasteiger partial charge in [0.2, 0.25) is 0 Å². The number of nitrogens with one attached hydrogen (secondary N) is 1. The van der Waals surface area contributed by atoms with E-state index >= 15 is 0 Å². The van der Waals surface area contributed by atoms with E-state index in [0.29, 0.717) is 18.1 Å². The van der Waals surface area contributed by atoms with Crippen LogP contribution in [0.5, 0.6) is 0 Å². The van der Waals surface area contributed by atoms with Gasteiger partial charge in [0, 0.05) is 24.3 Å². The first kappa shape index (κ1) is 18.6. The molecular weight excluding hydrogens is 336 g/mol. The van der Waals surface area contributed by atoms with E-state index in [0.717, 1.165) is 17.7 Å². The number of carbonyl (C=O) groups excluding carboxylic acids is 1. The van der Waals surface area contributed by atoms with E-state index in [-0.39, 0.29) is 11.9 Å². The molecule has 0 aliphatic carbocycles. The third-order valence-corrected chi connectivity index (χ3v) is 4.40. The molecule has 5 nitrogen and oxygen atoms in total. The smallest absolute Gasteiger partial charge is 0.270 e. The second kappa shape index (κ2) is 8.94. The van der Waals surface area contributed by atoms with Crippen LogP contribution in [0.3, 0.4) is 0 Å². The fourth-order valence-corrected chi connectivity index (χ4v) is 2.70. The molecule has 1 N–H and O–H groups in total. The molecule has 0 saturated carbocycles. The summed E-state index contributed by atoms with van der Waals surface area (Å²) in [5.74, 6) is 0.509. The van der Waals surface area contributed by atoms with Gasteiger partial charge in [0.25, 0.3) is 5.91 Å². The van der Waals surface area contributed by atoms with Gasteiger partial charge in [-0.05, 0) is 31.0 Å². The maximum atomic E-state index is 12.5. The Bertz CT molecular complexity index is 868. The number of benzene rings is 2. The number of aromatic nitrogens is 2. The van der Waals surface area contributed by atoms with Crippen molar-refractivity contribution in [3.63, 3.8) is 0 Å². The minimum atomic E-state index is -0.180. The number of rotatable bonds is 7. The molecular formula is C22H24N4O. The predicted octanol–water partition coefficient (Wildman–Crippen LogP) is 4.34. The Balaban J connectivity index is 1.92.